The van der Waals surface area contributed by atoms with Crippen molar-refractivity contribution in [3.05, 3.63) is 259 Å². The first-order valence-electron chi connectivity index (χ1n) is 36.9. The molecule has 125 heavy (non-hydrogen) atoms. The molecule has 12 heterocycles. The summed E-state index contributed by atoms with van der Waals surface area (Å²) in [4.78, 5) is 84.0. The van der Waals surface area contributed by atoms with Crippen molar-refractivity contribution in [1.82, 2.24) is 75.1 Å². The van der Waals surface area contributed by atoms with E-state index in [0.29, 0.717) is 91.2 Å². The zero-order valence-electron chi connectivity index (χ0n) is 65.0. The summed E-state index contributed by atoms with van der Waals surface area (Å²) >= 11 is 38.0. The van der Waals surface area contributed by atoms with E-state index in [-0.39, 0.29) is 77.5 Å². The summed E-state index contributed by atoms with van der Waals surface area (Å²) in [6.07, 6.45) is 12.8. The van der Waals surface area contributed by atoms with E-state index in [1.165, 1.54) is 25.2 Å². The number of hydrogen-bond donors (Lipinski definition) is 13. The van der Waals surface area contributed by atoms with Crippen LogP contribution in [0.2, 0.25) is 30.1 Å². The predicted octanol–water partition coefficient (Wildman–Crippen LogP) is 13.4. The van der Waals surface area contributed by atoms with Crippen LogP contribution in [0, 0.1) is 5.21 Å². The fourth-order valence-electron chi connectivity index (χ4n) is 12.3. The molecule has 0 bridgehead atoms. The van der Waals surface area contributed by atoms with Gasteiger partial charge in [-0.15, -0.1) is 0 Å². The summed E-state index contributed by atoms with van der Waals surface area (Å²) in [5.41, 5.74) is 76.4. The Hall–Kier alpha value is -15.1. The SMILES string of the molecule is NC(N)=Nc1nc(-c2cc[n+]([O-])cc2)c2cc(Cl)ccc2n1.NC(N)=Nc1nc(-c2ccccn2)c2cc(Cl)ccc2n1.NC(N)=Nc1nc(-c2ccco2)c2cc(Cl)ccc2n1.NC(N)=Nc1nc(-c2ccncc2)c2cc(Cl)ccc2n1.NC(N)=Nc1nc(-c2ccsc2)c2cc(Cl)ccc2n1.NC(N)=Nc1nc(C2CCCCN2)c2cc(Cl)ccc2n1. The zero-order valence-corrected chi connectivity index (χ0v) is 70.4. The number of aliphatic imine (C=N–C) groups is 6. The summed E-state index contributed by atoms with van der Waals surface area (Å²) in [7, 11) is 0. The summed E-state index contributed by atoms with van der Waals surface area (Å²) < 4.78 is 6.07. The lowest BCUT2D eigenvalue weighted by Gasteiger charge is -2.24. The highest BCUT2D eigenvalue weighted by atomic mass is 35.5. The molecule has 17 aromatic rings. The van der Waals surface area contributed by atoms with Crippen LogP contribution in [0.5, 0.6) is 0 Å². The first-order valence-corrected chi connectivity index (χ1v) is 40.1. The molecule has 1 unspecified atom stereocenters. The van der Waals surface area contributed by atoms with Crippen molar-refractivity contribution in [2.75, 3.05) is 6.54 Å². The van der Waals surface area contributed by atoms with Gasteiger partial charge in [0.1, 0.15) is 11.4 Å². The minimum Gasteiger partial charge on any atom is -0.619 e. The number of nitrogens with zero attached hydrogens (tertiary/aromatic N) is 21. The lowest BCUT2D eigenvalue weighted by atomic mass is 9.99. The maximum absolute atomic E-state index is 11.2. The van der Waals surface area contributed by atoms with Crippen molar-refractivity contribution < 1.29 is 9.15 Å². The molecule has 11 aromatic heterocycles. The molecule has 0 radical (unpaired) electrons. The van der Waals surface area contributed by atoms with Crippen molar-refractivity contribution in [3.63, 3.8) is 0 Å². The molecular formula is C82H70Cl6N34O2S. The topological polar surface area (TPSA) is 619 Å². The second kappa shape index (κ2) is 40.5. The van der Waals surface area contributed by atoms with Crippen LogP contribution in [-0.4, -0.2) is 112 Å². The van der Waals surface area contributed by atoms with Gasteiger partial charge in [-0.1, -0.05) is 82.1 Å². The van der Waals surface area contributed by atoms with E-state index in [4.69, 9.17) is 143 Å². The van der Waals surface area contributed by atoms with E-state index in [1.54, 1.807) is 139 Å². The minimum atomic E-state index is -0.135. The van der Waals surface area contributed by atoms with Gasteiger partial charge in [-0.05, 0) is 176 Å². The Bertz CT molecular complexity index is 6680. The molecule has 43 heteroatoms. The third kappa shape index (κ3) is 23.3. The van der Waals surface area contributed by atoms with Gasteiger partial charge < -0.3 is 83.7 Å². The number of halogens is 6. The van der Waals surface area contributed by atoms with Crippen LogP contribution < -0.4 is 78.9 Å². The number of fused-ring (bicyclic) bond motifs is 6. The predicted molar refractivity (Wildman–Crippen MR) is 497 cm³/mol. The Labute approximate surface area is 743 Å². The Morgan fingerprint density at radius 3 is 1.11 bits per heavy atom. The fraction of sp³-hybridized carbons (Fsp3) is 0.0610. The van der Waals surface area contributed by atoms with Gasteiger partial charge in [-0.2, -0.15) is 46.0 Å². The number of hydrogen-bond acceptors (Lipinski definition) is 24. The van der Waals surface area contributed by atoms with Crippen molar-refractivity contribution in [3.8, 4) is 56.6 Å². The molecule has 1 saturated heterocycles. The number of aromatic nitrogens is 15. The lowest BCUT2D eigenvalue weighted by Crippen LogP contribution is -2.28. The van der Waals surface area contributed by atoms with Gasteiger partial charge in [0.05, 0.1) is 73.9 Å². The maximum atomic E-state index is 11.2. The van der Waals surface area contributed by atoms with E-state index in [0.717, 1.165) is 84.4 Å². The minimum absolute atomic E-state index is 0.0501. The molecule has 36 nitrogen and oxygen atoms in total. The molecule has 1 aliphatic heterocycles. The summed E-state index contributed by atoms with van der Waals surface area (Å²) in [6.45, 7) is 0.981. The van der Waals surface area contributed by atoms with Crippen molar-refractivity contribution >= 4 is 218 Å². The molecule has 0 saturated carbocycles. The summed E-state index contributed by atoms with van der Waals surface area (Å²) in [6, 6.07) is 50.5. The first-order chi connectivity index (χ1) is 60.2. The molecular weight excluding hydrogens is 1740 g/mol. The number of benzene rings is 6. The third-order valence-corrected chi connectivity index (χ3v) is 19.5. The number of pyridine rings is 3. The first kappa shape index (κ1) is 87.7. The smallest absolute Gasteiger partial charge is 0.253 e. The monoisotopic (exact) mass is 1800 g/mol. The average molecular weight is 1810 g/mol. The Morgan fingerprint density at radius 1 is 0.376 bits per heavy atom. The molecule has 1 atom stereocenters. The molecule has 25 N–H and O–H groups in total. The van der Waals surface area contributed by atoms with Crippen LogP contribution in [0.15, 0.2) is 252 Å². The molecule has 1 fully saturated rings. The van der Waals surface area contributed by atoms with E-state index in [9.17, 15) is 5.21 Å². The van der Waals surface area contributed by atoms with E-state index >= 15 is 0 Å². The number of nitrogens with one attached hydrogen (secondary N) is 1. The van der Waals surface area contributed by atoms with E-state index < -0.39 is 0 Å². The van der Waals surface area contributed by atoms with Gasteiger partial charge in [0.15, 0.2) is 53.9 Å². The molecule has 18 rings (SSSR count). The standard InChI is InChI=1S/C14H11ClN6O.C14H11ClN6.C14H17ClN6.C14H11ClN6.C13H10ClN5O.C13H10ClN5S/c15-9-1-2-11-10(7-9)12(8-3-5-21(22)6-4-8)19-14(18-11)20-13(16)17;15-9-1-2-11-10(7-9)12(8-3-5-18-6-4-8)20-14(19-11)21-13(16)17;2*15-8-4-5-10-9(7-8)12(11-3-1-2-6-18-11)20-14(19-10)21-13(16)17;14-7-3-4-9-8(6-7)11(10-2-1-5-20-10)18-13(17-9)19-12(15)16;14-8-1-2-10-9(5-8)11(7-3-4-20-6-7)18-13(17-10)19-12(15)16/h1-7H,(H4,16,17,18,19,20);1-7H,(H4,16,17,19,20,21);4-5,7,11,18H,1-3,6H2,(H4,16,17,19,20,21);1-7H,(H4,16,17,19,20,21);2*1-6H,(H4,15,16,17,18,19). The van der Waals surface area contributed by atoms with Gasteiger partial charge in [0.25, 0.3) is 35.7 Å². The number of piperidine rings is 1. The Morgan fingerprint density at radius 2 is 0.744 bits per heavy atom. The van der Waals surface area contributed by atoms with Crippen LogP contribution in [0.4, 0.5) is 35.7 Å². The highest BCUT2D eigenvalue weighted by molar-refractivity contribution is 7.08. The molecule has 1 aliphatic rings. The van der Waals surface area contributed by atoms with Gasteiger partial charge in [0.2, 0.25) is 0 Å². The quantitative estimate of drug-likeness (QED) is 0.0234. The Balaban J connectivity index is 0.000000129. The van der Waals surface area contributed by atoms with Gasteiger partial charge in [-0.3, -0.25) is 9.97 Å². The molecule has 0 aliphatic carbocycles. The second-order valence-corrected chi connectivity index (χ2v) is 29.7. The van der Waals surface area contributed by atoms with Crippen LogP contribution in [0.3, 0.4) is 0 Å². The van der Waals surface area contributed by atoms with Crippen LogP contribution in [0.25, 0.3) is 122 Å². The maximum Gasteiger partial charge on any atom is 0.253 e. The second-order valence-electron chi connectivity index (χ2n) is 26.3. The van der Waals surface area contributed by atoms with Crippen molar-refractivity contribution in [2.24, 2.45) is 98.8 Å². The zero-order chi connectivity index (χ0) is 88.4. The average Bonchev–Trinajstić information content (AvgIpc) is 0.954. The van der Waals surface area contributed by atoms with E-state index in [1.807, 2.05) is 77.5 Å². The number of rotatable bonds is 12. The van der Waals surface area contributed by atoms with Crippen LogP contribution >= 0.6 is 80.9 Å². The van der Waals surface area contributed by atoms with Gasteiger partial charge >= 0.3 is 0 Å². The van der Waals surface area contributed by atoms with E-state index in [2.05, 4.69) is 105 Å². The molecule has 0 spiro atoms. The molecule has 6 aromatic carbocycles. The number of furan rings is 1. The molecule has 0 amide bonds. The van der Waals surface area contributed by atoms with Gasteiger partial charge in [-0.25, -0.2) is 59.8 Å². The van der Waals surface area contributed by atoms with Crippen molar-refractivity contribution in [2.45, 2.75) is 25.3 Å². The highest BCUT2D eigenvalue weighted by Gasteiger charge is 2.22. The molecule has 628 valence electrons. The third-order valence-electron chi connectivity index (χ3n) is 17.4. The summed E-state index contributed by atoms with van der Waals surface area (Å²) in [5.74, 6) is 1.25. The summed E-state index contributed by atoms with van der Waals surface area (Å²) in [5, 5.41) is 27.2. The number of thiophene rings is 1. The van der Waals surface area contributed by atoms with Crippen LogP contribution in [0.1, 0.15) is 31.0 Å². The Kier molecular flexibility index (Phi) is 28.4. The van der Waals surface area contributed by atoms with Crippen LogP contribution in [-0.2, 0) is 0 Å². The normalized spacial score (nSPS) is 11.9. The fourth-order valence-corrected chi connectivity index (χ4v) is 14.0. The number of guanidine groups is 6. The lowest BCUT2D eigenvalue weighted by molar-refractivity contribution is -0.605. The van der Waals surface area contributed by atoms with Gasteiger partial charge in [0, 0.05) is 115 Å². The number of nitrogens with two attached hydrogens (primary N) is 12. The highest BCUT2D eigenvalue weighted by Crippen LogP contribution is 2.37. The van der Waals surface area contributed by atoms with Crippen molar-refractivity contribution in [1.29, 1.82) is 0 Å². The largest absolute Gasteiger partial charge is 0.619 e.